The zero-order chi connectivity index (χ0) is 12.1. The minimum atomic E-state index is 0.581. The molecule has 0 radical (unpaired) electrons. The van der Waals surface area contributed by atoms with Crippen LogP contribution in [0.15, 0.2) is 0 Å². The fourth-order valence-corrected chi connectivity index (χ4v) is 2.32. The fraction of sp³-hybridized carbons (Fsp3) is 1.00. The lowest BCUT2D eigenvalue weighted by Gasteiger charge is -2.32. The van der Waals surface area contributed by atoms with E-state index >= 15 is 0 Å². The molecule has 2 atom stereocenters. The molecule has 0 saturated carbocycles. The van der Waals surface area contributed by atoms with Gasteiger partial charge in [-0.05, 0) is 42.4 Å². The number of hydrogen-bond acceptors (Lipinski definition) is 0. The molecule has 92 valence electrons. The highest BCUT2D eigenvalue weighted by molar-refractivity contribution is 4.75. The Morgan fingerprint density at radius 1 is 1.00 bits per heavy atom. The quantitative estimate of drug-likeness (QED) is 0.521. The Morgan fingerprint density at radius 3 is 1.87 bits per heavy atom. The van der Waals surface area contributed by atoms with E-state index in [1.54, 1.807) is 0 Å². The highest BCUT2D eigenvalue weighted by Crippen LogP contribution is 2.36. The van der Waals surface area contributed by atoms with E-state index in [0.29, 0.717) is 5.41 Å². The predicted octanol–water partition coefficient (Wildman–Crippen LogP) is 5.52. The Bertz CT molecular complexity index is 157. The van der Waals surface area contributed by atoms with Crippen LogP contribution in [0, 0.1) is 23.2 Å². The van der Waals surface area contributed by atoms with Crippen molar-refractivity contribution >= 4 is 0 Å². The third kappa shape index (κ3) is 6.22. The molecule has 0 saturated heterocycles. The maximum Gasteiger partial charge on any atom is -0.0326 e. The van der Waals surface area contributed by atoms with Crippen LogP contribution in [0.4, 0.5) is 0 Å². The first kappa shape index (κ1) is 15.0. The van der Waals surface area contributed by atoms with Crippen LogP contribution >= 0.6 is 0 Å². The van der Waals surface area contributed by atoms with Crippen LogP contribution in [-0.4, -0.2) is 0 Å². The van der Waals surface area contributed by atoms with Crippen LogP contribution in [0.25, 0.3) is 0 Å². The maximum atomic E-state index is 2.47. The molecular formula is C15H32. The Morgan fingerprint density at radius 2 is 1.53 bits per heavy atom. The fourth-order valence-electron chi connectivity index (χ4n) is 2.32. The van der Waals surface area contributed by atoms with Gasteiger partial charge in [0.05, 0.1) is 0 Å². The second kappa shape index (κ2) is 6.55. The first-order valence-electron chi connectivity index (χ1n) is 6.80. The molecule has 0 aromatic rings. The van der Waals surface area contributed by atoms with Crippen molar-refractivity contribution in [2.45, 2.75) is 74.1 Å². The van der Waals surface area contributed by atoms with Crippen molar-refractivity contribution in [1.29, 1.82) is 0 Å². The van der Waals surface area contributed by atoms with Gasteiger partial charge in [0.2, 0.25) is 0 Å². The summed E-state index contributed by atoms with van der Waals surface area (Å²) in [5.41, 5.74) is 0.581. The molecule has 0 rings (SSSR count). The first-order chi connectivity index (χ1) is 6.80. The van der Waals surface area contributed by atoms with Crippen LogP contribution in [0.3, 0.4) is 0 Å². The average molecular weight is 212 g/mol. The van der Waals surface area contributed by atoms with Crippen molar-refractivity contribution in [2.24, 2.45) is 23.2 Å². The van der Waals surface area contributed by atoms with Gasteiger partial charge in [-0.15, -0.1) is 0 Å². The van der Waals surface area contributed by atoms with Gasteiger partial charge in [-0.3, -0.25) is 0 Å². The summed E-state index contributed by atoms with van der Waals surface area (Å²) >= 11 is 0. The van der Waals surface area contributed by atoms with E-state index in [2.05, 4.69) is 48.5 Å². The van der Waals surface area contributed by atoms with Gasteiger partial charge in [0.15, 0.2) is 0 Å². The number of rotatable bonds is 7. The van der Waals surface area contributed by atoms with Crippen LogP contribution in [0.1, 0.15) is 74.1 Å². The Labute approximate surface area is 97.8 Å². The smallest absolute Gasteiger partial charge is 0.0326 e. The monoisotopic (exact) mass is 212 g/mol. The summed E-state index contributed by atoms with van der Waals surface area (Å²) in [5, 5.41) is 0. The SMILES string of the molecule is CCC(C)(CCC(C)C(C)C)CC(C)C. The lowest BCUT2D eigenvalue weighted by molar-refractivity contribution is 0.198. The first-order valence-corrected chi connectivity index (χ1v) is 6.80. The lowest BCUT2D eigenvalue weighted by Crippen LogP contribution is -2.20. The highest BCUT2D eigenvalue weighted by Gasteiger charge is 2.24. The number of hydrogen-bond donors (Lipinski definition) is 0. The molecule has 0 nitrogen and oxygen atoms in total. The second-order valence-electron chi connectivity index (χ2n) is 6.52. The molecule has 0 heteroatoms. The van der Waals surface area contributed by atoms with E-state index in [1.165, 1.54) is 25.7 Å². The molecular weight excluding hydrogens is 180 g/mol. The zero-order valence-electron chi connectivity index (χ0n) is 12.1. The molecule has 0 aliphatic heterocycles. The Hall–Kier alpha value is 0. The molecule has 15 heavy (non-hydrogen) atoms. The lowest BCUT2D eigenvalue weighted by atomic mass is 9.74. The van der Waals surface area contributed by atoms with Gasteiger partial charge in [-0.2, -0.15) is 0 Å². The van der Waals surface area contributed by atoms with E-state index in [1.807, 2.05) is 0 Å². The molecule has 0 amide bonds. The van der Waals surface area contributed by atoms with E-state index in [-0.39, 0.29) is 0 Å². The van der Waals surface area contributed by atoms with Gasteiger partial charge < -0.3 is 0 Å². The van der Waals surface area contributed by atoms with Crippen molar-refractivity contribution in [1.82, 2.24) is 0 Å². The van der Waals surface area contributed by atoms with Gasteiger partial charge in [0.1, 0.15) is 0 Å². The molecule has 0 spiro atoms. The maximum absolute atomic E-state index is 2.47. The van der Waals surface area contributed by atoms with Crippen molar-refractivity contribution in [3.8, 4) is 0 Å². The molecule has 0 aliphatic carbocycles. The average Bonchev–Trinajstić information content (AvgIpc) is 2.13. The summed E-state index contributed by atoms with van der Waals surface area (Å²) in [6.45, 7) is 16.6. The summed E-state index contributed by atoms with van der Waals surface area (Å²) in [6, 6.07) is 0. The minimum Gasteiger partial charge on any atom is -0.0649 e. The van der Waals surface area contributed by atoms with Gasteiger partial charge >= 0.3 is 0 Å². The predicted molar refractivity (Wildman–Crippen MR) is 71.1 cm³/mol. The zero-order valence-corrected chi connectivity index (χ0v) is 12.1. The molecule has 0 aromatic carbocycles. The van der Waals surface area contributed by atoms with Gasteiger partial charge in [-0.1, -0.05) is 54.9 Å². The molecule has 0 heterocycles. The molecule has 0 N–H and O–H groups in total. The van der Waals surface area contributed by atoms with Crippen molar-refractivity contribution in [3.05, 3.63) is 0 Å². The highest BCUT2D eigenvalue weighted by atomic mass is 14.3. The summed E-state index contributed by atoms with van der Waals surface area (Å²) < 4.78 is 0. The van der Waals surface area contributed by atoms with E-state index < -0.39 is 0 Å². The topological polar surface area (TPSA) is 0 Å². The third-order valence-electron chi connectivity index (χ3n) is 4.10. The van der Waals surface area contributed by atoms with Crippen LogP contribution < -0.4 is 0 Å². The summed E-state index contributed by atoms with van der Waals surface area (Å²) in [5.74, 6) is 2.55. The Kier molecular flexibility index (Phi) is 6.55. The normalized spacial score (nSPS) is 18.2. The molecule has 0 aromatic heterocycles. The minimum absolute atomic E-state index is 0.581. The van der Waals surface area contributed by atoms with E-state index in [0.717, 1.165) is 17.8 Å². The van der Waals surface area contributed by atoms with E-state index in [4.69, 9.17) is 0 Å². The molecule has 2 unspecified atom stereocenters. The molecule has 0 aliphatic rings. The Balaban J connectivity index is 4.08. The van der Waals surface area contributed by atoms with E-state index in [9.17, 15) is 0 Å². The molecule has 0 bridgehead atoms. The second-order valence-corrected chi connectivity index (χ2v) is 6.52. The summed E-state index contributed by atoms with van der Waals surface area (Å²) in [4.78, 5) is 0. The van der Waals surface area contributed by atoms with Crippen molar-refractivity contribution < 1.29 is 0 Å². The van der Waals surface area contributed by atoms with Crippen LogP contribution in [0.5, 0.6) is 0 Å². The third-order valence-corrected chi connectivity index (χ3v) is 4.10. The molecule has 0 fully saturated rings. The van der Waals surface area contributed by atoms with Crippen molar-refractivity contribution in [3.63, 3.8) is 0 Å². The van der Waals surface area contributed by atoms with Gasteiger partial charge in [-0.25, -0.2) is 0 Å². The van der Waals surface area contributed by atoms with Gasteiger partial charge in [0, 0.05) is 0 Å². The summed E-state index contributed by atoms with van der Waals surface area (Å²) in [7, 11) is 0. The largest absolute Gasteiger partial charge is 0.0649 e. The van der Waals surface area contributed by atoms with Crippen LogP contribution in [0.2, 0.25) is 0 Å². The summed E-state index contributed by atoms with van der Waals surface area (Å²) in [6.07, 6.45) is 5.51. The van der Waals surface area contributed by atoms with Crippen LogP contribution in [-0.2, 0) is 0 Å². The van der Waals surface area contributed by atoms with Crippen molar-refractivity contribution in [2.75, 3.05) is 0 Å². The van der Waals surface area contributed by atoms with Gasteiger partial charge in [0.25, 0.3) is 0 Å². The standard InChI is InChI=1S/C15H32/c1-8-15(7,11-12(2)3)10-9-14(6)13(4)5/h12-14H,8-11H2,1-7H3.